The van der Waals surface area contributed by atoms with E-state index in [9.17, 15) is 29.7 Å². The van der Waals surface area contributed by atoms with Crippen LogP contribution in [-0.2, 0) is 32.1 Å². The maximum absolute atomic E-state index is 12.6. The fraction of sp³-hybridized carbons (Fsp3) is 0.424. The first-order chi connectivity index (χ1) is 22.0. The van der Waals surface area contributed by atoms with Crippen molar-refractivity contribution in [2.24, 2.45) is 17.8 Å². The molecule has 6 rings (SSSR count). The number of aromatic amines is 2. The van der Waals surface area contributed by atoms with E-state index in [-0.39, 0.29) is 49.3 Å². The molecule has 2 aromatic rings. The van der Waals surface area contributed by atoms with Gasteiger partial charge in [0.2, 0.25) is 11.8 Å². The third-order valence-electron chi connectivity index (χ3n) is 9.57. The van der Waals surface area contributed by atoms with E-state index in [4.69, 9.17) is 4.84 Å². The quantitative estimate of drug-likeness (QED) is 0.101. The van der Waals surface area contributed by atoms with Crippen LogP contribution in [0.1, 0.15) is 53.4 Å². The molecule has 0 aromatic carbocycles. The summed E-state index contributed by atoms with van der Waals surface area (Å²) in [5.41, 5.74) is 9.28. The number of carboxylic acid groups (broad SMARTS) is 2. The van der Waals surface area contributed by atoms with Crippen molar-refractivity contribution in [3.8, 4) is 0 Å². The minimum Gasteiger partial charge on any atom is -0.516 e. The molecule has 2 aromatic heterocycles. The number of hydrogen-bond acceptors (Lipinski definition) is 8. The van der Waals surface area contributed by atoms with Gasteiger partial charge < -0.3 is 30.6 Å². The Balaban J connectivity index is 1.45. The lowest BCUT2D eigenvalue weighted by molar-refractivity contribution is -0.138. The average molecular weight is 650 g/mol. The fourth-order valence-corrected chi connectivity index (χ4v) is 7.76. The van der Waals surface area contributed by atoms with Crippen molar-refractivity contribution in [3.05, 3.63) is 74.5 Å². The first-order valence-corrected chi connectivity index (χ1v) is 16.4. The number of aromatic nitrogens is 2. The van der Waals surface area contributed by atoms with Crippen LogP contribution in [0.5, 0.6) is 0 Å². The normalized spacial score (nSPS) is 30.9. The molecule has 6 heterocycles. The predicted molar refractivity (Wildman–Crippen MR) is 174 cm³/mol. The molecule has 4 aliphatic heterocycles. The number of thioether (sulfide) groups is 1. The van der Waals surface area contributed by atoms with E-state index in [2.05, 4.69) is 32.7 Å². The van der Waals surface area contributed by atoms with E-state index in [1.54, 1.807) is 6.08 Å². The summed E-state index contributed by atoms with van der Waals surface area (Å²) in [5, 5.41) is 37.3. The lowest BCUT2D eigenvalue weighted by Gasteiger charge is -2.12. The number of H-pyrrole nitrogens is 2. The number of carbonyl (C=O) groups excluding carboxylic acids is 1. The molecule has 244 valence electrons. The summed E-state index contributed by atoms with van der Waals surface area (Å²) in [7, 11) is 0. The van der Waals surface area contributed by atoms with Crippen LogP contribution in [0.4, 0.5) is 0 Å². The van der Waals surface area contributed by atoms with Gasteiger partial charge in [0, 0.05) is 63.5 Å². The number of rotatable bonds is 11. The molecule has 0 radical (unpaired) electrons. The van der Waals surface area contributed by atoms with Gasteiger partial charge in [-0.2, -0.15) is 17.2 Å². The van der Waals surface area contributed by atoms with Gasteiger partial charge >= 0.3 is 11.9 Å². The number of hydrogen-bond donors (Lipinski definition) is 8. The number of aliphatic hydroxyl groups is 1. The van der Waals surface area contributed by atoms with Gasteiger partial charge in [0.1, 0.15) is 0 Å². The molecule has 0 saturated carbocycles. The molecule has 0 aliphatic carbocycles. The third-order valence-corrected chi connectivity index (χ3v) is 10.6. The minimum atomic E-state index is -0.921. The summed E-state index contributed by atoms with van der Waals surface area (Å²) in [5.74, 6) is -1.97. The Morgan fingerprint density at radius 2 is 1.72 bits per heavy atom. The maximum atomic E-state index is 12.6. The Labute approximate surface area is 269 Å². The molecule has 12 nitrogen and oxygen atoms in total. The van der Waals surface area contributed by atoms with E-state index in [1.807, 2.05) is 50.8 Å². The molecule has 6 atom stereocenters. The van der Waals surface area contributed by atoms with Crippen molar-refractivity contribution in [1.82, 2.24) is 26.1 Å². The first kappa shape index (κ1) is 31.9. The van der Waals surface area contributed by atoms with Crippen LogP contribution in [0.2, 0.25) is 0 Å². The van der Waals surface area contributed by atoms with Crippen molar-refractivity contribution in [1.29, 1.82) is 0 Å². The van der Waals surface area contributed by atoms with Crippen LogP contribution in [0, 0.1) is 31.6 Å². The molecule has 1 spiro atoms. The van der Waals surface area contributed by atoms with Crippen molar-refractivity contribution >= 4 is 47.8 Å². The average Bonchev–Trinajstić information content (AvgIpc) is 3.89. The summed E-state index contributed by atoms with van der Waals surface area (Å²) < 4.78 is 0. The molecule has 8 N–H and O–H groups in total. The van der Waals surface area contributed by atoms with Crippen molar-refractivity contribution < 1.29 is 34.5 Å². The highest BCUT2D eigenvalue weighted by Gasteiger charge is 2.59. The maximum Gasteiger partial charge on any atom is 0.303 e. The van der Waals surface area contributed by atoms with Gasteiger partial charge in [-0.1, -0.05) is 13.0 Å². The second-order valence-electron chi connectivity index (χ2n) is 12.4. The van der Waals surface area contributed by atoms with Crippen LogP contribution >= 0.6 is 11.8 Å². The molecule has 4 saturated heterocycles. The van der Waals surface area contributed by atoms with E-state index < -0.39 is 23.8 Å². The van der Waals surface area contributed by atoms with Gasteiger partial charge in [-0.15, -0.1) is 6.58 Å². The van der Waals surface area contributed by atoms with E-state index in [1.165, 1.54) is 0 Å². The highest BCUT2D eigenvalue weighted by atomic mass is 32.2. The van der Waals surface area contributed by atoms with Crippen molar-refractivity contribution in [2.75, 3.05) is 5.75 Å². The Morgan fingerprint density at radius 1 is 1.04 bits per heavy atom. The summed E-state index contributed by atoms with van der Waals surface area (Å²) in [6.07, 6.45) is 8.98. The molecule has 13 heteroatoms. The molecule has 46 heavy (non-hydrogen) atoms. The van der Waals surface area contributed by atoms with Crippen LogP contribution in [-0.4, -0.2) is 66.0 Å². The van der Waals surface area contributed by atoms with Crippen LogP contribution in [0.15, 0.2) is 30.2 Å². The number of aliphatic carboxylic acids is 2. The monoisotopic (exact) mass is 649 g/mol. The van der Waals surface area contributed by atoms with Crippen LogP contribution in [0.25, 0.3) is 18.2 Å². The second kappa shape index (κ2) is 12.3. The Hall–Kier alpha value is -4.04. The number of hydroxylamine groups is 1. The molecule has 0 bridgehead atoms. The van der Waals surface area contributed by atoms with Gasteiger partial charge in [-0.25, -0.2) is 0 Å². The highest BCUT2D eigenvalue weighted by Crippen LogP contribution is 2.46. The van der Waals surface area contributed by atoms with Crippen molar-refractivity contribution in [3.63, 3.8) is 0 Å². The molecule has 4 aliphatic rings. The summed E-state index contributed by atoms with van der Waals surface area (Å²) in [6, 6.07) is -0.404. The zero-order valence-electron chi connectivity index (χ0n) is 25.9. The van der Waals surface area contributed by atoms with Gasteiger partial charge in [0.25, 0.3) is 0 Å². The predicted octanol–water partition coefficient (Wildman–Crippen LogP) is 1.85. The topological polar surface area (TPSA) is 202 Å². The smallest absolute Gasteiger partial charge is 0.303 e. The number of carbonyl (C=O) groups is 3. The van der Waals surface area contributed by atoms with Gasteiger partial charge in [0.15, 0.2) is 0 Å². The van der Waals surface area contributed by atoms with E-state index >= 15 is 0 Å². The van der Waals surface area contributed by atoms with Crippen LogP contribution in [0.3, 0.4) is 0 Å². The molecule has 4 fully saturated rings. The van der Waals surface area contributed by atoms with Gasteiger partial charge in [-0.05, 0) is 72.7 Å². The lowest BCUT2D eigenvalue weighted by Crippen LogP contribution is -2.37. The van der Waals surface area contributed by atoms with Crippen molar-refractivity contribution in [2.45, 2.75) is 63.6 Å². The summed E-state index contributed by atoms with van der Waals surface area (Å²) >= 11 is 1.84. The van der Waals surface area contributed by atoms with E-state index in [0.717, 1.165) is 51.0 Å². The zero-order valence-corrected chi connectivity index (χ0v) is 26.7. The number of allylic oxidation sites excluding steroid dienone is 1. The second-order valence-corrected chi connectivity index (χ2v) is 13.7. The fourth-order valence-electron chi connectivity index (χ4n) is 6.85. The molecular weight excluding hydrogens is 610 g/mol. The summed E-state index contributed by atoms with van der Waals surface area (Å²) in [6.45, 7) is 9.69. The molecule has 1 unspecified atom stereocenters. The standard InChI is InChI=1S/C33H39N5O7S/c1-5-21-20(13-39)26(37-33(21)38-45-33)10-22-15(2)18(6-8-29(40)41)24(34-22)12-25-19(7-9-30(42)43)16(3)23(35-25)11-27-31(28-14-46-28)17(4)32(44)36-27/h5,10-13,17,21,26,28,31,34-35,37-39H,1,6-9,14H2,2-4H3,(H,36,44)(H,40,41)(H,42,43)/b20-13?,22-10+,24-12+,27-11-/t17-,21?,26-,28+,31-,33-/m1/s1. The first-order valence-electron chi connectivity index (χ1n) is 15.4. The Bertz CT molecular complexity index is 1800. The largest absolute Gasteiger partial charge is 0.516 e. The SMILES string of the molecule is C=CC1C(=CO)[C@@H](/C=c2/[nH]/c(=C/c3[nH]c(/C=C4\NC(=O)[C@H](C)[C@H]4[C@@H]4CS4)c(C)c3CCC(=O)O)c(CCC(=O)O)c2C)N[C@@]12NO2. The Kier molecular flexibility index (Phi) is 8.53. The Morgan fingerprint density at radius 3 is 2.30 bits per heavy atom. The van der Waals surface area contributed by atoms with Gasteiger partial charge in [0.05, 0.1) is 18.2 Å². The highest BCUT2D eigenvalue weighted by molar-refractivity contribution is 8.06. The third kappa shape index (κ3) is 5.95. The van der Waals surface area contributed by atoms with Gasteiger partial charge in [-0.3, -0.25) is 24.5 Å². The minimum absolute atomic E-state index is 0.00451. The summed E-state index contributed by atoms with van der Waals surface area (Å²) in [4.78, 5) is 48.2. The molecule has 1 amide bonds. The van der Waals surface area contributed by atoms with E-state index in [0.29, 0.717) is 21.9 Å². The number of carboxylic acids is 2. The number of aliphatic hydroxyl groups excluding tert-OH is 1. The van der Waals surface area contributed by atoms with Crippen LogP contribution < -0.4 is 26.8 Å². The number of amides is 1. The lowest BCUT2D eigenvalue weighted by atomic mass is 9.91. The number of nitrogens with one attached hydrogen (secondary N) is 5. The zero-order chi connectivity index (χ0) is 32.9. The molecular formula is C33H39N5O7S.